The molecule has 3 rings (SSSR count). The normalized spacial score (nSPS) is 15.1. The van der Waals surface area contributed by atoms with Crippen molar-refractivity contribution in [2.75, 3.05) is 26.4 Å². The summed E-state index contributed by atoms with van der Waals surface area (Å²) in [5.41, 5.74) is 0. The summed E-state index contributed by atoms with van der Waals surface area (Å²) in [5, 5.41) is 0.668. The average Bonchev–Trinajstić information content (AvgIpc) is 3.16. The van der Waals surface area contributed by atoms with Gasteiger partial charge in [0.2, 0.25) is 5.91 Å². The van der Waals surface area contributed by atoms with E-state index in [2.05, 4.69) is 0 Å². The minimum absolute atomic E-state index is 0.0132. The van der Waals surface area contributed by atoms with E-state index >= 15 is 0 Å². The van der Waals surface area contributed by atoms with Gasteiger partial charge in [0.1, 0.15) is 18.1 Å². The Hall–Kier alpha value is -1.98. The van der Waals surface area contributed by atoms with Gasteiger partial charge in [-0.1, -0.05) is 11.6 Å². The lowest BCUT2D eigenvalue weighted by Gasteiger charge is -2.29. The van der Waals surface area contributed by atoms with E-state index in [0.29, 0.717) is 37.9 Å². The first-order chi connectivity index (χ1) is 12.2. The van der Waals surface area contributed by atoms with E-state index < -0.39 is 0 Å². The first kappa shape index (κ1) is 17.8. The summed E-state index contributed by atoms with van der Waals surface area (Å²) in [6.07, 6.45) is 3.16. The van der Waals surface area contributed by atoms with Gasteiger partial charge in [0, 0.05) is 24.2 Å². The van der Waals surface area contributed by atoms with E-state index in [1.165, 1.54) is 0 Å². The van der Waals surface area contributed by atoms with Gasteiger partial charge in [-0.2, -0.15) is 0 Å². The molecular formula is C19H22ClNO4. The first-order valence-electron chi connectivity index (χ1n) is 8.49. The van der Waals surface area contributed by atoms with Crippen LogP contribution < -0.4 is 4.74 Å². The van der Waals surface area contributed by atoms with Gasteiger partial charge in [-0.25, -0.2) is 0 Å². The predicted molar refractivity (Wildman–Crippen MR) is 94.6 cm³/mol. The Kier molecular flexibility index (Phi) is 6.36. The Bertz CT molecular complexity index is 651. The summed E-state index contributed by atoms with van der Waals surface area (Å²) in [6.45, 7) is 2.66. The Morgan fingerprint density at radius 2 is 1.96 bits per heavy atom. The molecule has 0 saturated carbocycles. The standard InChI is InChI=1S/C19H22ClNO4/c20-16-3-5-17(6-4-16)25-13-9-21(14-18-2-1-10-24-18)19(22)15-7-11-23-12-8-15/h1-6,10,15H,7-9,11-14H2. The molecule has 1 aliphatic rings. The number of benzene rings is 1. The molecule has 6 heteroatoms. The molecule has 0 aliphatic carbocycles. The smallest absolute Gasteiger partial charge is 0.226 e. The number of rotatable bonds is 7. The Balaban J connectivity index is 1.59. The lowest BCUT2D eigenvalue weighted by Crippen LogP contribution is -2.40. The van der Waals surface area contributed by atoms with Crippen LogP contribution in [0, 0.1) is 5.92 Å². The van der Waals surface area contributed by atoms with Crippen molar-refractivity contribution in [1.82, 2.24) is 4.90 Å². The van der Waals surface area contributed by atoms with Gasteiger partial charge in [-0.05, 0) is 49.2 Å². The highest BCUT2D eigenvalue weighted by Gasteiger charge is 2.26. The molecule has 1 aromatic carbocycles. The quantitative estimate of drug-likeness (QED) is 0.751. The molecular weight excluding hydrogens is 342 g/mol. The molecule has 0 spiro atoms. The zero-order valence-electron chi connectivity index (χ0n) is 14.0. The molecule has 0 unspecified atom stereocenters. The number of hydrogen-bond acceptors (Lipinski definition) is 4. The van der Waals surface area contributed by atoms with Crippen molar-refractivity contribution in [3.63, 3.8) is 0 Å². The van der Waals surface area contributed by atoms with Crippen LogP contribution in [0.3, 0.4) is 0 Å². The molecule has 1 aliphatic heterocycles. The molecule has 0 radical (unpaired) electrons. The first-order valence-corrected chi connectivity index (χ1v) is 8.87. The summed E-state index contributed by atoms with van der Waals surface area (Å²) in [5.74, 6) is 1.66. The minimum atomic E-state index is 0.0132. The second-order valence-corrected chi connectivity index (χ2v) is 6.46. The Labute approximate surface area is 152 Å². The Morgan fingerprint density at radius 1 is 1.20 bits per heavy atom. The van der Waals surface area contributed by atoms with Gasteiger partial charge < -0.3 is 18.8 Å². The summed E-state index contributed by atoms with van der Waals surface area (Å²) in [7, 11) is 0. The molecule has 1 amide bonds. The van der Waals surface area contributed by atoms with Gasteiger partial charge in [0.05, 0.1) is 19.4 Å². The van der Waals surface area contributed by atoms with E-state index in [9.17, 15) is 4.79 Å². The molecule has 1 aromatic heterocycles. The highest BCUT2D eigenvalue weighted by molar-refractivity contribution is 6.30. The molecule has 134 valence electrons. The largest absolute Gasteiger partial charge is 0.492 e. The van der Waals surface area contributed by atoms with Crippen molar-refractivity contribution in [1.29, 1.82) is 0 Å². The third kappa shape index (κ3) is 5.25. The zero-order chi connectivity index (χ0) is 17.5. The number of amides is 1. The van der Waals surface area contributed by atoms with Gasteiger partial charge in [0.25, 0.3) is 0 Å². The van der Waals surface area contributed by atoms with Crippen LogP contribution in [-0.2, 0) is 16.1 Å². The number of ether oxygens (including phenoxy) is 2. The van der Waals surface area contributed by atoms with Crippen molar-refractivity contribution in [2.45, 2.75) is 19.4 Å². The van der Waals surface area contributed by atoms with Gasteiger partial charge in [0.15, 0.2) is 0 Å². The topological polar surface area (TPSA) is 51.9 Å². The Morgan fingerprint density at radius 3 is 2.64 bits per heavy atom. The number of nitrogens with zero attached hydrogens (tertiary/aromatic N) is 1. The average molecular weight is 364 g/mol. The second-order valence-electron chi connectivity index (χ2n) is 6.03. The summed E-state index contributed by atoms with van der Waals surface area (Å²) < 4.78 is 16.5. The van der Waals surface area contributed by atoms with Crippen LogP contribution in [0.15, 0.2) is 47.1 Å². The lowest BCUT2D eigenvalue weighted by molar-refractivity contribution is -0.139. The van der Waals surface area contributed by atoms with Crippen LogP contribution in [0.4, 0.5) is 0 Å². The van der Waals surface area contributed by atoms with Crippen LogP contribution >= 0.6 is 11.6 Å². The van der Waals surface area contributed by atoms with E-state index in [1.807, 2.05) is 29.2 Å². The van der Waals surface area contributed by atoms with Crippen molar-refractivity contribution in [3.8, 4) is 5.75 Å². The number of furan rings is 1. The van der Waals surface area contributed by atoms with Crippen molar-refractivity contribution < 1.29 is 18.7 Å². The van der Waals surface area contributed by atoms with Gasteiger partial charge in [-0.15, -0.1) is 0 Å². The van der Waals surface area contributed by atoms with E-state index in [-0.39, 0.29) is 11.8 Å². The molecule has 1 saturated heterocycles. The SMILES string of the molecule is O=C(C1CCOCC1)N(CCOc1ccc(Cl)cc1)Cc1ccco1. The highest BCUT2D eigenvalue weighted by atomic mass is 35.5. The van der Waals surface area contributed by atoms with Crippen LogP contribution in [0.5, 0.6) is 5.75 Å². The second kappa shape index (κ2) is 8.92. The van der Waals surface area contributed by atoms with Crippen LogP contribution in [0.1, 0.15) is 18.6 Å². The van der Waals surface area contributed by atoms with Crippen molar-refractivity contribution in [2.24, 2.45) is 5.92 Å². The third-order valence-electron chi connectivity index (χ3n) is 4.25. The highest BCUT2D eigenvalue weighted by Crippen LogP contribution is 2.20. The maximum atomic E-state index is 12.9. The van der Waals surface area contributed by atoms with Crippen LogP contribution in [-0.4, -0.2) is 37.2 Å². The fourth-order valence-corrected chi connectivity index (χ4v) is 2.99. The fourth-order valence-electron chi connectivity index (χ4n) is 2.87. The maximum Gasteiger partial charge on any atom is 0.226 e. The van der Waals surface area contributed by atoms with Gasteiger partial charge in [-0.3, -0.25) is 4.79 Å². The van der Waals surface area contributed by atoms with Crippen LogP contribution in [0.2, 0.25) is 5.02 Å². The summed E-state index contributed by atoms with van der Waals surface area (Å²) in [6, 6.07) is 10.9. The molecule has 2 heterocycles. The molecule has 0 atom stereocenters. The van der Waals surface area contributed by atoms with E-state index in [0.717, 1.165) is 24.4 Å². The van der Waals surface area contributed by atoms with Gasteiger partial charge >= 0.3 is 0 Å². The van der Waals surface area contributed by atoms with Crippen molar-refractivity contribution >= 4 is 17.5 Å². The number of hydrogen-bond donors (Lipinski definition) is 0. The third-order valence-corrected chi connectivity index (χ3v) is 4.50. The summed E-state index contributed by atoms with van der Waals surface area (Å²) in [4.78, 5) is 14.7. The fraction of sp³-hybridized carbons (Fsp3) is 0.421. The molecule has 0 bridgehead atoms. The monoisotopic (exact) mass is 363 g/mol. The van der Waals surface area contributed by atoms with E-state index in [1.54, 1.807) is 18.4 Å². The number of carbonyl (C=O) groups excluding carboxylic acids is 1. The molecule has 1 fully saturated rings. The zero-order valence-corrected chi connectivity index (χ0v) is 14.8. The predicted octanol–water partition coefficient (Wildman–Crippen LogP) is 3.77. The number of carbonyl (C=O) groups is 1. The molecule has 2 aromatic rings. The van der Waals surface area contributed by atoms with Crippen LogP contribution in [0.25, 0.3) is 0 Å². The van der Waals surface area contributed by atoms with Crippen molar-refractivity contribution in [3.05, 3.63) is 53.4 Å². The summed E-state index contributed by atoms with van der Waals surface area (Å²) >= 11 is 5.87. The minimum Gasteiger partial charge on any atom is -0.492 e. The maximum absolute atomic E-state index is 12.9. The number of halogens is 1. The molecule has 5 nitrogen and oxygen atoms in total. The molecule has 25 heavy (non-hydrogen) atoms. The van der Waals surface area contributed by atoms with E-state index in [4.69, 9.17) is 25.5 Å². The lowest BCUT2D eigenvalue weighted by atomic mass is 9.98. The molecule has 0 N–H and O–H groups in total.